The van der Waals surface area contributed by atoms with Gasteiger partial charge in [0.1, 0.15) is 0 Å². The van der Waals surface area contributed by atoms with Gasteiger partial charge in [-0.05, 0) is 57.3 Å². The van der Waals surface area contributed by atoms with Crippen molar-refractivity contribution in [1.29, 1.82) is 0 Å². The summed E-state index contributed by atoms with van der Waals surface area (Å²) in [5, 5.41) is 0. The number of ether oxygens (including phenoxy) is 2. The van der Waals surface area contributed by atoms with Gasteiger partial charge in [-0.1, -0.05) is 39.2 Å². The molecular formula is C21H36O4. The molecule has 4 heteroatoms. The number of rotatable bonds is 13. The minimum Gasteiger partial charge on any atom is -0.465 e. The molecule has 1 rings (SSSR count). The second kappa shape index (κ2) is 13.9. The zero-order valence-corrected chi connectivity index (χ0v) is 16.0. The van der Waals surface area contributed by atoms with Gasteiger partial charge in [0.2, 0.25) is 0 Å². The SMILES string of the molecule is C=CC(=O)OCCCCCCOC(=O)C1CCC(CCCCC)CC1. The van der Waals surface area contributed by atoms with Gasteiger partial charge in [-0.15, -0.1) is 0 Å². The lowest BCUT2D eigenvalue weighted by Crippen LogP contribution is -2.24. The summed E-state index contributed by atoms with van der Waals surface area (Å²) in [4.78, 5) is 23.0. The summed E-state index contributed by atoms with van der Waals surface area (Å²) < 4.78 is 10.4. The zero-order valence-electron chi connectivity index (χ0n) is 16.0. The van der Waals surface area contributed by atoms with Crippen molar-refractivity contribution in [3.05, 3.63) is 12.7 Å². The lowest BCUT2D eigenvalue weighted by atomic mass is 9.80. The Morgan fingerprint density at radius 3 is 2.16 bits per heavy atom. The molecule has 1 aliphatic rings. The Morgan fingerprint density at radius 1 is 0.920 bits per heavy atom. The van der Waals surface area contributed by atoms with Crippen LogP contribution in [0.2, 0.25) is 0 Å². The fourth-order valence-corrected chi connectivity index (χ4v) is 3.45. The van der Waals surface area contributed by atoms with Crippen LogP contribution in [0.1, 0.15) is 84.0 Å². The van der Waals surface area contributed by atoms with Crippen LogP contribution in [-0.2, 0) is 19.1 Å². The van der Waals surface area contributed by atoms with Crippen molar-refractivity contribution >= 4 is 11.9 Å². The van der Waals surface area contributed by atoms with Crippen molar-refractivity contribution in [3.8, 4) is 0 Å². The van der Waals surface area contributed by atoms with E-state index >= 15 is 0 Å². The summed E-state index contributed by atoms with van der Waals surface area (Å²) >= 11 is 0. The molecule has 1 saturated carbocycles. The molecule has 1 fully saturated rings. The summed E-state index contributed by atoms with van der Waals surface area (Å²) in [5.74, 6) is 0.590. The summed E-state index contributed by atoms with van der Waals surface area (Å²) in [6.45, 7) is 6.55. The molecular weight excluding hydrogens is 316 g/mol. The molecule has 144 valence electrons. The standard InChI is InChI=1S/C21H36O4/c1-3-5-8-11-18-12-14-19(15-13-18)21(23)25-17-10-7-6-9-16-24-20(22)4-2/h4,18-19H,2-3,5-17H2,1H3. The van der Waals surface area contributed by atoms with E-state index in [9.17, 15) is 9.59 Å². The first-order chi connectivity index (χ1) is 12.2. The largest absolute Gasteiger partial charge is 0.465 e. The van der Waals surface area contributed by atoms with Gasteiger partial charge in [0, 0.05) is 6.08 Å². The van der Waals surface area contributed by atoms with Crippen molar-refractivity contribution < 1.29 is 19.1 Å². The molecule has 0 N–H and O–H groups in total. The highest BCUT2D eigenvalue weighted by Crippen LogP contribution is 2.32. The molecule has 0 unspecified atom stereocenters. The molecule has 0 radical (unpaired) electrons. The van der Waals surface area contributed by atoms with Gasteiger partial charge in [-0.3, -0.25) is 4.79 Å². The molecule has 1 aliphatic carbocycles. The predicted octanol–water partition coefficient (Wildman–Crippen LogP) is 5.21. The van der Waals surface area contributed by atoms with E-state index < -0.39 is 0 Å². The highest BCUT2D eigenvalue weighted by Gasteiger charge is 2.26. The van der Waals surface area contributed by atoms with Gasteiger partial charge >= 0.3 is 11.9 Å². The van der Waals surface area contributed by atoms with E-state index in [1.807, 2.05) is 0 Å². The van der Waals surface area contributed by atoms with Crippen LogP contribution in [0.25, 0.3) is 0 Å². The Labute approximate surface area is 153 Å². The smallest absolute Gasteiger partial charge is 0.330 e. The minimum absolute atomic E-state index is 0.00641. The number of esters is 2. The first kappa shape index (κ1) is 21.7. The van der Waals surface area contributed by atoms with Gasteiger partial charge in [0.05, 0.1) is 19.1 Å². The van der Waals surface area contributed by atoms with Crippen LogP contribution in [0.5, 0.6) is 0 Å². The Balaban J connectivity index is 1.97. The average Bonchev–Trinajstić information content (AvgIpc) is 2.64. The fourth-order valence-electron chi connectivity index (χ4n) is 3.45. The van der Waals surface area contributed by atoms with Crippen LogP contribution in [0.3, 0.4) is 0 Å². The maximum atomic E-state index is 12.1. The second-order valence-corrected chi connectivity index (χ2v) is 7.17. The molecule has 0 amide bonds. The Bertz CT molecular complexity index is 383. The average molecular weight is 353 g/mol. The summed E-state index contributed by atoms with van der Waals surface area (Å²) in [5.41, 5.74) is 0. The van der Waals surface area contributed by atoms with Crippen LogP contribution < -0.4 is 0 Å². The number of carbonyl (C=O) groups excluding carboxylic acids is 2. The second-order valence-electron chi connectivity index (χ2n) is 7.17. The Morgan fingerprint density at radius 2 is 1.56 bits per heavy atom. The highest BCUT2D eigenvalue weighted by molar-refractivity contribution is 5.81. The van der Waals surface area contributed by atoms with Gasteiger partial charge in [0.25, 0.3) is 0 Å². The van der Waals surface area contributed by atoms with Crippen molar-refractivity contribution in [2.45, 2.75) is 84.0 Å². The summed E-state index contributed by atoms with van der Waals surface area (Å²) in [6.07, 6.45) is 14.5. The maximum Gasteiger partial charge on any atom is 0.330 e. The van der Waals surface area contributed by atoms with Crippen LogP contribution in [0.4, 0.5) is 0 Å². The zero-order chi connectivity index (χ0) is 18.3. The third kappa shape index (κ3) is 10.3. The third-order valence-electron chi connectivity index (χ3n) is 5.09. The monoisotopic (exact) mass is 352 g/mol. The molecule has 0 saturated heterocycles. The molecule has 0 aromatic carbocycles. The van der Waals surface area contributed by atoms with Crippen molar-refractivity contribution in [1.82, 2.24) is 0 Å². The van der Waals surface area contributed by atoms with E-state index in [-0.39, 0.29) is 17.9 Å². The first-order valence-electron chi connectivity index (χ1n) is 10.1. The number of hydrogen-bond acceptors (Lipinski definition) is 4. The van der Waals surface area contributed by atoms with Crippen LogP contribution in [0.15, 0.2) is 12.7 Å². The number of carbonyl (C=O) groups is 2. The molecule has 0 aromatic heterocycles. The highest BCUT2D eigenvalue weighted by atomic mass is 16.5. The maximum absolute atomic E-state index is 12.1. The molecule has 25 heavy (non-hydrogen) atoms. The normalized spacial score (nSPS) is 20.0. The quantitative estimate of drug-likeness (QED) is 0.259. The van der Waals surface area contributed by atoms with Crippen molar-refractivity contribution in [2.75, 3.05) is 13.2 Å². The van der Waals surface area contributed by atoms with E-state index in [2.05, 4.69) is 13.5 Å². The van der Waals surface area contributed by atoms with Gasteiger partial charge in [0.15, 0.2) is 0 Å². The van der Waals surface area contributed by atoms with E-state index in [1.165, 1.54) is 44.6 Å². The molecule has 0 atom stereocenters. The first-order valence-corrected chi connectivity index (χ1v) is 10.1. The van der Waals surface area contributed by atoms with Gasteiger partial charge < -0.3 is 9.47 Å². The molecule has 0 spiro atoms. The lowest BCUT2D eigenvalue weighted by Gasteiger charge is -2.27. The van der Waals surface area contributed by atoms with E-state index in [0.29, 0.717) is 13.2 Å². The topological polar surface area (TPSA) is 52.6 Å². The van der Waals surface area contributed by atoms with Gasteiger partial charge in [-0.25, -0.2) is 4.79 Å². The van der Waals surface area contributed by atoms with Crippen LogP contribution >= 0.6 is 0 Å². The Hall–Kier alpha value is -1.32. The van der Waals surface area contributed by atoms with Gasteiger partial charge in [-0.2, -0.15) is 0 Å². The molecule has 0 heterocycles. The van der Waals surface area contributed by atoms with Crippen LogP contribution in [0, 0.1) is 11.8 Å². The van der Waals surface area contributed by atoms with Crippen molar-refractivity contribution in [3.63, 3.8) is 0 Å². The molecule has 0 aromatic rings. The van der Waals surface area contributed by atoms with Crippen LogP contribution in [-0.4, -0.2) is 25.2 Å². The predicted molar refractivity (Wildman–Crippen MR) is 100 cm³/mol. The van der Waals surface area contributed by atoms with E-state index in [4.69, 9.17) is 9.47 Å². The van der Waals surface area contributed by atoms with E-state index in [1.54, 1.807) is 0 Å². The lowest BCUT2D eigenvalue weighted by molar-refractivity contribution is -0.150. The summed E-state index contributed by atoms with van der Waals surface area (Å²) in [7, 11) is 0. The number of hydrogen-bond donors (Lipinski definition) is 0. The molecule has 4 nitrogen and oxygen atoms in total. The fraction of sp³-hybridized carbons (Fsp3) is 0.810. The third-order valence-corrected chi connectivity index (χ3v) is 5.09. The Kier molecular flexibility index (Phi) is 12.1. The molecule has 0 aliphatic heterocycles. The van der Waals surface area contributed by atoms with E-state index in [0.717, 1.165) is 44.4 Å². The minimum atomic E-state index is -0.367. The number of unbranched alkanes of at least 4 members (excludes halogenated alkanes) is 5. The molecule has 0 bridgehead atoms. The summed E-state index contributed by atoms with van der Waals surface area (Å²) in [6, 6.07) is 0. The van der Waals surface area contributed by atoms with Crippen molar-refractivity contribution in [2.24, 2.45) is 11.8 Å².